The Labute approximate surface area is 145 Å². The summed E-state index contributed by atoms with van der Waals surface area (Å²) in [6.07, 6.45) is -2.10. The second-order valence-electron chi connectivity index (χ2n) is 5.78. The maximum atomic E-state index is 12.2. The molecule has 1 aromatic carbocycles. The van der Waals surface area contributed by atoms with Gasteiger partial charge >= 0.3 is 6.18 Å². The van der Waals surface area contributed by atoms with Crippen LogP contribution in [0.25, 0.3) is 0 Å². The van der Waals surface area contributed by atoms with E-state index in [9.17, 15) is 18.0 Å². The highest BCUT2D eigenvalue weighted by molar-refractivity contribution is 5.91. The maximum Gasteiger partial charge on any atom is 0.422 e. The van der Waals surface area contributed by atoms with E-state index in [0.717, 1.165) is 25.9 Å². The van der Waals surface area contributed by atoms with Crippen LogP contribution in [0.15, 0.2) is 18.2 Å². The molecule has 0 aliphatic carbocycles. The van der Waals surface area contributed by atoms with Crippen LogP contribution in [0.5, 0.6) is 5.75 Å². The molecule has 8 heteroatoms. The van der Waals surface area contributed by atoms with Crippen LogP contribution in [0.3, 0.4) is 0 Å². The number of benzene rings is 1. The van der Waals surface area contributed by atoms with Gasteiger partial charge < -0.3 is 15.4 Å². The molecule has 136 valence electrons. The standard InChI is InChI=1S/C16H21F3N2O2.ClH/c1-11-13(3-2-4-14(11)23-10-16(17,18)19)21-15(22)6-5-12-7-8-20-9-12;/h2-4,12,20H,5-10H2,1H3,(H,21,22);1H. The van der Waals surface area contributed by atoms with E-state index >= 15 is 0 Å². The number of halogens is 4. The van der Waals surface area contributed by atoms with Crippen molar-refractivity contribution in [2.24, 2.45) is 5.92 Å². The number of ether oxygens (including phenoxy) is 1. The monoisotopic (exact) mass is 366 g/mol. The first-order valence-electron chi connectivity index (χ1n) is 7.65. The van der Waals surface area contributed by atoms with Gasteiger partial charge in [-0.25, -0.2) is 0 Å². The van der Waals surface area contributed by atoms with E-state index in [4.69, 9.17) is 4.74 Å². The zero-order valence-electron chi connectivity index (χ0n) is 13.4. The largest absolute Gasteiger partial charge is 0.484 e. The third-order valence-electron chi connectivity index (χ3n) is 3.89. The SMILES string of the molecule is Cc1c(NC(=O)CCC2CCNC2)cccc1OCC(F)(F)F.Cl. The summed E-state index contributed by atoms with van der Waals surface area (Å²) in [6, 6.07) is 4.68. The van der Waals surface area contributed by atoms with Crippen LogP contribution in [-0.2, 0) is 4.79 Å². The van der Waals surface area contributed by atoms with Crippen molar-refractivity contribution in [2.75, 3.05) is 25.0 Å². The van der Waals surface area contributed by atoms with E-state index in [0.29, 0.717) is 23.6 Å². The van der Waals surface area contributed by atoms with Gasteiger partial charge in [-0.05, 0) is 50.9 Å². The quantitative estimate of drug-likeness (QED) is 0.807. The molecule has 2 N–H and O–H groups in total. The maximum absolute atomic E-state index is 12.2. The molecule has 24 heavy (non-hydrogen) atoms. The van der Waals surface area contributed by atoms with Crippen LogP contribution in [0.1, 0.15) is 24.8 Å². The third-order valence-corrected chi connectivity index (χ3v) is 3.89. The summed E-state index contributed by atoms with van der Waals surface area (Å²) in [5.74, 6) is 0.511. The number of alkyl halides is 3. The molecule has 2 rings (SSSR count). The summed E-state index contributed by atoms with van der Waals surface area (Å²) >= 11 is 0. The van der Waals surface area contributed by atoms with Gasteiger partial charge in [-0.1, -0.05) is 6.07 Å². The van der Waals surface area contributed by atoms with Crippen molar-refractivity contribution >= 4 is 24.0 Å². The molecule has 1 unspecified atom stereocenters. The second-order valence-corrected chi connectivity index (χ2v) is 5.78. The summed E-state index contributed by atoms with van der Waals surface area (Å²) < 4.78 is 41.5. The first-order chi connectivity index (χ1) is 10.8. The summed E-state index contributed by atoms with van der Waals surface area (Å²) in [7, 11) is 0. The van der Waals surface area contributed by atoms with Gasteiger partial charge in [0.15, 0.2) is 6.61 Å². The van der Waals surface area contributed by atoms with Gasteiger partial charge in [0.2, 0.25) is 5.91 Å². The first-order valence-corrected chi connectivity index (χ1v) is 7.65. The lowest BCUT2D eigenvalue weighted by Gasteiger charge is -2.15. The Kier molecular flexibility index (Phi) is 7.83. The lowest BCUT2D eigenvalue weighted by molar-refractivity contribution is -0.153. The summed E-state index contributed by atoms with van der Waals surface area (Å²) in [5.41, 5.74) is 0.979. The third kappa shape index (κ3) is 6.57. The molecule has 1 fully saturated rings. The predicted octanol–water partition coefficient (Wildman–Crippen LogP) is 3.69. The molecule has 4 nitrogen and oxygen atoms in total. The van der Waals surface area contributed by atoms with Crippen LogP contribution in [0.2, 0.25) is 0 Å². The van der Waals surface area contributed by atoms with Gasteiger partial charge in [0.25, 0.3) is 0 Å². The summed E-state index contributed by atoms with van der Waals surface area (Å²) in [5, 5.41) is 6.00. The molecule has 0 bridgehead atoms. The minimum absolute atomic E-state index is 0. The number of carbonyl (C=O) groups excluding carboxylic acids is 1. The van der Waals surface area contributed by atoms with Gasteiger partial charge in [-0.3, -0.25) is 4.79 Å². The van der Waals surface area contributed by atoms with Gasteiger partial charge in [0.05, 0.1) is 0 Å². The fourth-order valence-electron chi connectivity index (χ4n) is 2.57. The predicted molar refractivity (Wildman–Crippen MR) is 88.8 cm³/mol. The minimum atomic E-state index is -4.39. The zero-order chi connectivity index (χ0) is 16.9. The first kappa shape index (κ1) is 20.6. The zero-order valence-corrected chi connectivity index (χ0v) is 14.2. The molecule has 0 aromatic heterocycles. The molecule has 1 aliphatic heterocycles. The van der Waals surface area contributed by atoms with Crippen LogP contribution in [0, 0.1) is 12.8 Å². The smallest absolute Gasteiger partial charge is 0.422 e. The number of nitrogens with one attached hydrogen (secondary N) is 2. The minimum Gasteiger partial charge on any atom is -0.484 e. The van der Waals surface area contributed by atoms with Crippen molar-refractivity contribution in [1.29, 1.82) is 0 Å². The number of hydrogen-bond donors (Lipinski definition) is 2. The molecule has 1 aliphatic rings. The van der Waals surface area contributed by atoms with E-state index in [2.05, 4.69) is 10.6 Å². The van der Waals surface area contributed by atoms with E-state index in [1.807, 2.05) is 0 Å². The van der Waals surface area contributed by atoms with Crippen molar-refractivity contribution in [2.45, 2.75) is 32.4 Å². The average molecular weight is 367 g/mol. The molecular weight excluding hydrogens is 345 g/mol. The van der Waals surface area contributed by atoms with Gasteiger partial charge in [0, 0.05) is 17.7 Å². The Balaban J connectivity index is 0.00000288. The van der Waals surface area contributed by atoms with E-state index in [1.54, 1.807) is 19.1 Å². The highest BCUT2D eigenvalue weighted by Gasteiger charge is 2.28. The number of carbonyl (C=O) groups is 1. The van der Waals surface area contributed by atoms with Crippen LogP contribution < -0.4 is 15.4 Å². The molecule has 1 saturated heterocycles. The molecule has 0 radical (unpaired) electrons. The molecule has 1 aromatic rings. The van der Waals surface area contributed by atoms with E-state index in [1.165, 1.54) is 6.07 Å². The Morgan fingerprint density at radius 3 is 2.79 bits per heavy atom. The Bertz CT molecular complexity index is 547. The highest BCUT2D eigenvalue weighted by atomic mass is 35.5. The van der Waals surface area contributed by atoms with Crippen molar-refractivity contribution in [3.63, 3.8) is 0 Å². The highest BCUT2D eigenvalue weighted by Crippen LogP contribution is 2.27. The Morgan fingerprint density at radius 1 is 1.42 bits per heavy atom. The molecule has 1 amide bonds. The lowest BCUT2D eigenvalue weighted by atomic mass is 10.0. The van der Waals surface area contributed by atoms with Gasteiger partial charge in [0.1, 0.15) is 5.75 Å². The van der Waals surface area contributed by atoms with E-state index < -0.39 is 12.8 Å². The van der Waals surface area contributed by atoms with Crippen LogP contribution in [0.4, 0.5) is 18.9 Å². The lowest BCUT2D eigenvalue weighted by Crippen LogP contribution is -2.20. The van der Waals surface area contributed by atoms with Gasteiger partial charge in [-0.15, -0.1) is 12.4 Å². The van der Waals surface area contributed by atoms with Crippen molar-refractivity contribution in [3.05, 3.63) is 23.8 Å². The van der Waals surface area contributed by atoms with Gasteiger partial charge in [-0.2, -0.15) is 13.2 Å². The second kappa shape index (κ2) is 9.13. The topological polar surface area (TPSA) is 50.4 Å². The molecular formula is C16H22ClF3N2O2. The number of hydrogen-bond acceptors (Lipinski definition) is 3. The normalized spacial score (nSPS) is 17.2. The Morgan fingerprint density at radius 2 is 2.17 bits per heavy atom. The molecule has 0 saturated carbocycles. The number of anilines is 1. The van der Waals surface area contributed by atoms with Crippen molar-refractivity contribution in [1.82, 2.24) is 5.32 Å². The fourth-order valence-corrected chi connectivity index (χ4v) is 2.57. The average Bonchev–Trinajstić information content (AvgIpc) is 2.98. The van der Waals surface area contributed by atoms with Crippen LogP contribution >= 0.6 is 12.4 Å². The van der Waals surface area contributed by atoms with Crippen molar-refractivity contribution < 1.29 is 22.7 Å². The summed E-state index contributed by atoms with van der Waals surface area (Å²) in [4.78, 5) is 12.0. The van der Waals surface area contributed by atoms with Crippen molar-refractivity contribution in [3.8, 4) is 5.75 Å². The van der Waals surface area contributed by atoms with E-state index in [-0.39, 0.29) is 24.1 Å². The molecule has 1 heterocycles. The van der Waals surface area contributed by atoms with Crippen LogP contribution in [-0.4, -0.2) is 31.8 Å². The molecule has 0 spiro atoms. The molecule has 1 atom stereocenters. The Hall–Kier alpha value is -1.47. The summed E-state index contributed by atoms with van der Waals surface area (Å²) in [6.45, 7) is 2.21. The number of rotatable bonds is 6. The fraction of sp³-hybridized carbons (Fsp3) is 0.562. The number of amides is 1.